The van der Waals surface area contributed by atoms with Crippen LogP contribution in [0.15, 0.2) is 47.9 Å². The molecule has 0 aliphatic heterocycles. The van der Waals surface area contributed by atoms with Gasteiger partial charge in [0, 0.05) is 27.1 Å². The van der Waals surface area contributed by atoms with Gasteiger partial charge in [-0.3, -0.25) is 10.1 Å². The second kappa shape index (κ2) is 10.6. The number of halogens is 2. The maximum atomic E-state index is 12.1. The molecule has 2 N–H and O–H groups in total. The molecular weight excluding hydrogens is 477 g/mol. The Morgan fingerprint density at radius 2 is 1.90 bits per heavy atom. The largest absolute Gasteiger partial charge is 0.493 e. The maximum absolute atomic E-state index is 12.1. The van der Waals surface area contributed by atoms with Gasteiger partial charge in [-0.1, -0.05) is 29.3 Å². The van der Waals surface area contributed by atoms with Crippen LogP contribution in [0, 0.1) is 0 Å². The molecule has 0 unspecified atom stereocenters. The first-order valence-corrected chi connectivity index (χ1v) is 10.9. The number of rotatable bonds is 6. The SMILES string of the molecule is COc1ccc(-c2csc(NC(=S)NC(=O)C=Cc3ccc(Cl)cc3Cl)n2)cc1OC. The van der Waals surface area contributed by atoms with E-state index in [0.29, 0.717) is 32.2 Å². The van der Waals surface area contributed by atoms with Crippen LogP contribution in [0.1, 0.15) is 5.56 Å². The fourth-order valence-corrected chi connectivity index (χ4v) is 4.00. The number of hydrogen-bond acceptors (Lipinski definition) is 6. The van der Waals surface area contributed by atoms with Crippen LogP contribution in [0.2, 0.25) is 10.0 Å². The molecular formula is C21H17Cl2N3O3S2. The first kappa shape index (κ1) is 23.0. The molecule has 10 heteroatoms. The maximum Gasteiger partial charge on any atom is 0.250 e. The number of aromatic nitrogens is 1. The smallest absolute Gasteiger partial charge is 0.250 e. The van der Waals surface area contributed by atoms with Crippen LogP contribution in [0.4, 0.5) is 5.13 Å². The topological polar surface area (TPSA) is 72.5 Å². The number of thiocarbonyl (C=S) groups is 1. The van der Waals surface area contributed by atoms with Crippen molar-refractivity contribution in [2.24, 2.45) is 0 Å². The average molecular weight is 494 g/mol. The van der Waals surface area contributed by atoms with Crippen molar-refractivity contribution in [3.8, 4) is 22.8 Å². The minimum absolute atomic E-state index is 0.130. The molecule has 0 fully saturated rings. The Bertz CT molecular complexity index is 1150. The van der Waals surface area contributed by atoms with Gasteiger partial charge in [0.1, 0.15) is 0 Å². The van der Waals surface area contributed by atoms with E-state index < -0.39 is 5.91 Å². The third-order valence-electron chi connectivity index (χ3n) is 4.02. The molecule has 0 aliphatic carbocycles. The summed E-state index contributed by atoms with van der Waals surface area (Å²) in [7, 11) is 3.16. The van der Waals surface area contributed by atoms with Crippen molar-refractivity contribution in [3.05, 3.63) is 63.5 Å². The fraction of sp³-hybridized carbons (Fsp3) is 0.0952. The Balaban J connectivity index is 1.61. The summed E-state index contributed by atoms with van der Waals surface area (Å²) < 4.78 is 10.6. The van der Waals surface area contributed by atoms with E-state index in [9.17, 15) is 4.79 Å². The van der Waals surface area contributed by atoms with Gasteiger partial charge in [0.15, 0.2) is 21.7 Å². The highest BCUT2D eigenvalue weighted by Gasteiger charge is 2.11. The summed E-state index contributed by atoms with van der Waals surface area (Å²) in [5.41, 5.74) is 2.26. The van der Waals surface area contributed by atoms with E-state index in [1.807, 2.05) is 23.6 Å². The Morgan fingerprint density at radius 1 is 1.13 bits per heavy atom. The van der Waals surface area contributed by atoms with Gasteiger partial charge in [-0.05, 0) is 54.2 Å². The van der Waals surface area contributed by atoms with Gasteiger partial charge in [-0.15, -0.1) is 11.3 Å². The molecule has 1 aromatic heterocycles. The second-order valence-electron chi connectivity index (χ2n) is 6.05. The summed E-state index contributed by atoms with van der Waals surface area (Å²) in [6, 6.07) is 10.5. The summed E-state index contributed by atoms with van der Waals surface area (Å²) >= 11 is 18.5. The molecule has 160 valence electrons. The number of anilines is 1. The van der Waals surface area contributed by atoms with Crippen LogP contribution in [0.25, 0.3) is 17.3 Å². The molecule has 0 aliphatic rings. The second-order valence-corrected chi connectivity index (χ2v) is 8.16. The van der Waals surface area contributed by atoms with Crippen molar-refractivity contribution in [3.63, 3.8) is 0 Å². The minimum atomic E-state index is -0.403. The molecule has 0 saturated heterocycles. The number of nitrogens with one attached hydrogen (secondary N) is 2. The van der Waals surface area contributed by atoms with Crippen LogP contribution >= 0.6 is 46.8 Å². The monoisotopic (exact) mass is 493 g/mol. The highest BCUT2D eigenvalue weighted by molar-refractivity contribution is 7.80. The van der Waals surface area contributed by atoms with E-state index in [-0.39, 0.29) is 5.11 Å². The highest BCUT2D eigenvalue weighted by atomic mass is 35.5. The zero-order chi connectivity index (χ0) is 22.4. The molecule has 31 heavy (non-hydrogen) atoms. The standard InChI is InChI=1S/C21H17Cl2N3O3S2/c1-28-17-7-4-13(9-18(17)29-2)16-11-31-21(24-16)26-20(30)25-19(27)8-5-12-3-6-14(22)10-15(12)23/h3-11H,1-2H3,(H2,24,25,26,27,30). The molecule has 6 nitrogen and oxygen atoms in total. The zero-order valence-electron chi connectivity index (χ0n) is 16.4. The summed E-state index contributed by atoms with van der Waals surface area (Å²) in [5.74, 6) is 0.842. The Kier molecular flexibility index (Phi) is 7.86. The summed E-state index contributed by atoms with van der Waals surface area (Å²) in [6.07, 6.45) is 2.91. The van der Waals surface area contributed by atoms with E-state index in [2.05, 4.69) is 15.6 Å². The zero-order valence-corrected chi connectivity index (χ0v) is 19.6. The first-order chi connectivity index (χ1) is 14.9. The Hall–Kier alpha value is -2.65. The number of hydrogen-bond donors (Lipinski definition) is 2. The molecule has 0 bridgehead atoms. The summed E-state index contributed by atoms with van der Waals surface area (Å²) in [5, 5.41) is 8.98. The third-order valence-corrected chi connectivity index (χ3v) is 5.54. The summed E-state index contributed by atoms with van der Waals surface area (Å²) in [6.45, 7) is 0. The van der Waals surface area contributed by atoms with Gasteiger partial charge in [-0.25, -0.2) is 4.98 Å². The Labute approximate surface area is 198 Å². The van der Waals surface area contributed by atoms with Crippen molar-refractivity contribution < 1.29 is 14.3 Å². The molecule has 0 saturated carbocycles. The normalized spacial score (nSPS) is 10.7. The molecule has 3 aromatic rings. The lowest BCUT2D eigenvalue weighted by molar-refractivity contribution is -0.115. The van der Waals surface area contributed by atoms with Crippen LogP contribution in [0.5, 0.6) is 11.5 Å². The van der Waals surface area contributed by atoms with E-state index in [1.54, 1.807) is 38.5 Å². The van der Waals surface area contributed by atoms with E-state index in [1.165, 1.54) is 17.4 Å². The van der Waals surface area contributed by atoms with Crippen molar-refractivity contribution in [1.29, 1.82) is 0 Å². The van der Waals surface area contributed by atoms with Crippen LogP contribution in [0.3, 0.4) is 0 Å². The molecule has 0 radical (unpaired) electrons. The minimum Gasteiger partial charge on any atom is -0.493 e. The molecule has 1 heterocycles. The number of nitrogens with zero attached hydrogens (tertiary/aromatic N) is 1. The molecule has 1 amide bonds. The first-order valence-electron chi connectivity index (χ1n) is 8.82. The van der Waals surface area contributed by atoms with Crippen molar-refractivity contribution in [2.45, 2.75) is 0 Å². The van der Waals surface area contributed by atoms with Gasteiger partial charge in [0.25, 0.3) is 0 Å². The van der Waals surface area contributed by atoms with Gasteiger partial charge in [0.05, 0.1) is 19.9 Å². The van der Waals surface area contributed by atoms with E-state index in [0.717, 1.165) is 11.3 Å². The molecule has 2 aromatic carbocycles. The number of methoxy groups -OCH3 is 2. The van der Waals surface area contributed by atoms with Crippen molar-refractivity contribution in [1.82, 2.24) is 10.3 Å². The lowest BCUT2D eigenvalue weighted by Gasteiger charge is -2.08. The third kappa shape index (κ3) is 6.18. The highest BCUT2D eigenvalue weighted by Crippen LogP contribution is 2.33. The van der Waals surface area contributed by atoms with Crippen molar-refractivity contribution in [2.75, 3.05) is 19.5 Å². The van der Waals surface area contributed by atoms with Gasteiger partial charge in [-0.2, -0.15) is 0 Å². The van der Waals surface area contributed by atoms with E-state index >= 15 is 0 Å². The number of carbonyl (C=O) groups is 1. The molecule has 0 spiro atoms. The number of ether oxygens (including phenoxy) is 2. The van der Waals surface area contributed by atoms with Gasteiger partial charge < -0.3 is 14.8 Å². The molecule has 3 rings (SSSR count). The van der Waals surface area contributed by atoms with Crippen LogP contribution in [-0.4, -0.2) is 30.2 Å². The quantitative estimate of drug-likeness (QED) is 0.340. The van der Waals surface area contributed by atoms with Gasteiger partial charge in [0.2, 0.25) is 5.91 Å². The van der Waals surface area contributed by atoms with Crippen molar-refractivity contribution >= 4 is 69.0 Å². The van der Waals surface area contributed by atoms with E-state index in [4.69, 9.17) is 44.9 Å². The lowest BCUT2D eigenvalue weighted by Crippen LogP contribution is -2.32. The van der Waals surface area contributed by atoms with Crippen LogP contribution in [-0.2, 0) is 4.79 Å². The molecule has 0 atom stereocenters. The van der Waals surface area contributed by atoms with Gasteiger partial charge >= 0.3 is 0 Å². The Morgan fingerprint density at radius 3 is 2.61 bits per heavy atom. The predicted molar refractivity (Wildman–Crippen MR) is 131 cm³/mol. The number of carbonyl (C=O) groups excluding carboxylic acids is 1. The lowest BCUT2D eigenvalue weighted by atomic mass is 10.1. The predicted octanol–water partition coefficient (Wildman–Crippen LogP) is 5.66. The van der Waals surface area contributed by atoms with Crippen LogP contribution < -0.4 is 20.1 Å². The average Bonchev–Trinajstić information content (AvgIpc) is 3.20. The number of benzene rings is 2. The fourth-order valence-electron chi connectivity index (χ4n) is 2.54. The number of thiazole rings is 1. The summed E-state index contributed by atoms with van der Waals surface area (Å²) in [4.78, 5) is 16.6. The number of amides is 1.